The summed E-state index contributed by atoms with van der Waals surface area (Å²) in [6.07, 6.45) is 0.240. The molecule has 1 atom stereocenters. The van der Waals surface area contributed by atoms with E-state index in [-0.39, 0.29) is 12.7 Å². The summed E-state index contributed by atoms with van der Waals surface area (Å²) in [6.45, 7) is 3.79. The van der Waals surface area contributed by atoms with Gasteiger partial charge >= 0.3 is 5.97 Å². The molecule has 0 radical (unpaired) electrons. The standard InChI is InChI=1S/C7H16N2O3/c1-5(2)12-7(10)6(8)3-4-11-9/h5-6H,3-4,8-9H2,1-2H3/t6-/m0/s1. The minimum absolute atomic E-state index is 0.137. The van der Waals surface area contributed by atoms with Gasteiger partial charge in [0.1, 0.15) is 6.04 Å². The van der Waals surface area contributed by atoms with Gasteiger partial charge in [0.05, 0.1) is 12.7 Å². The van der Waals surface area contributed by atoms with Crippen LogP contribution in [0, 0.1) is 0 Å². The van der Waals surface area contributed by atoms with E-state index in [1.54, 1.807) is 13.8 Å². The number of carbonyl (C=O) groups excluding carboxylic acids is 1. The normalized spacial score (nSPS) is 13.1. The van der Waals surface area contributed by atoms with Gasteiger partial charge in [0.15, 0.2) is 0 Å². The maximum Gasteiger partial charge on any atom is 0.323 e. The zero-order valence-electron chi connectivity index (χ0n) is 7.45. The second-order valence-corrected chi connectivity index (χ2v) is 2.75. The maximum absolute atomic E-state index is 11.0. The molecule has 0 fully saturated rings. The lowest BCUT2D eigenvalue weighted by molar-refractivity contribution is -0.149. The minimum Gasteiger partial charge on any atom is -0.462 e. The quantitative estimate of drug-likeness (QED) is 0.437. The van der Waals surface area contributed by atoms with Crippen molar-refractivity contribution in [3.05, 3.63) is 0 Å². The third-order valence-corrected chi connectivity index (χ3v) is 1.20. The van der Waals surface area contributed by atoms with E-state index in [1.807, 2.05) is 0 Å². The van der Waals surface area contributed by atoms with Crippen molar-refractivity contribution in [2.75, 3.05) is 6.61 Å². The fourth-order valence-electron chi connectivity index (χ4n) is 0.633. The second kappa shape index (κ2) is 5.93. The number of hydrogen-bond donors (Lipinski definition) is 2. The molecule has 0 aromatic carbocycles. The summed E-state index contributed by atoms with van der Waals surface area (Å²) in [5.74, 6) is 4.36. The summed E-state index contributed by atoms with van der Waals surface area (Å²) in [4.78, 5) is 15.3. The van der Waals surface area contributed by atoms with E-state index in [0.717, 1.165) is 0 Å². The first-order valence-corrected chi connectivity index (χ1v) is 3.85. The van der Waals surface area contributed by atoms with Gasteiger partial charge in [-0.05, 0) is 20.3 Å². The monoisotopic (exact) mass is 176 g/mol. The molecule has 0 amide bonds. The molecule has 0 aromatic rings. The molecule has 0 saturated carbocycles. The van der Waals surface area contributed by atoms with Crippen molar-refractivity contribution >= 4 is 5.97 Å². The molecule has 0 unspecified atom stereocenters. The van der Waals surface area contributed by atoms with E-state index in [2.05, 4.69) is 4.84 Å². The maximum atomic E-state index is 11.0. The number of nitrogens with two attached hydrogens (primary N) is 2. The number of esters is 1. The molecule has 0 saturated heterocycles. The van der Waals surface area contributed by atoms with Crippen molar-refractivity contribution in [1.82, 2.24) is 0 Å². The Balaban J connectivity index is 3.61. The molecular weight excluding hydrogens is 160 g/mol. The highest BCUT2D eigenvalue weighted by Gasteiger charge is 2.15. The zero-order chi connectivity index (χ0) is 9.56. The summed E-state index contributed by atoms with van der Waals surface area (Å²) < 4.78 is 4.85. The van der Waals surface area contributed by atoms with E-state index in [1.165, 1.54) is 0 Å². The molecule has 0 rings (SSSR count). The lowest BCUT2D eigenvalue weighted by atomic mass is 10.2. The molecule has 5 heteroatoms. The lowest BCUT2D eigenvalue weighted by Crippen LogP contribution is -2.35. The van der Waals surface area contributed by atoms with Gasteiger partial charge in [0, 0.05) is 0 Å². The predicted molar refractivity (Wildman–Crippen MR) is 44.0 cm³/mol. The van der Waals surface area contributed by atoms with Crippen LogP contribution in [0.1, 0.15) is 20.3 Å². The van der Waals surface area contributed by atoms with Crippen molar-refractivity contribution in [2.45, 2.75) is 32.4 Å². The Hall–Kier alpha value is -0.650. The molecule has 0 aliphatic rings. The topological polar surface area (TPSA) is 87.6 Å². The molecule has 12 heavy (non-hydrogen) atoms. The Bertz CT molecular complexity index is 139. The van der Waals surface area contributed by atoms with Crippen LogP contribution in [0.15, 0.2) is 0 Å². The molecule has 0 heterocycles. The van der Waals surface area contributed by atoms with Crippen molar-refractivity contribution < 1.29 is 14.4 Å². The van der Waals surface area contributed by atoms with E-state index >= 15 is 0 Å². The van der Waals surface area contributed by atoms with Crippen LogP contribution in [-0.4, -0.2) is 24.7 Å². The first-order chi connectivity index (χ1) is 5.57. The number of ether oxygens (including phenoxy) is 1. The van der Waals surface area contributed by atoms with Gasteiger partial charge in [0.2, 0.25) is 0 Å². The molecule has 0 aliphatic carbocycles. The average molecular weight is 176 g/mol. The Kier molecular flexibility index (Phi) is 5.61. The number of hydrogen-bond acceptors (Lipinski definition) is 5. The summed E-state index contributed by atoms with van der Waals surface area (Å²) in [6, 6.07) is -0.643. The van der Waals surface area contributed by atoms with Crippen LogP contribution in [0.2, 0.25) is 0 Å². The van der Waals surface area contributed by atoms with E-state index in [4.69, 9.17) is 16.4 Å². The van der Waals surface area contributed by atoms with E-state index < -0.39 is 12.0 Å². The van der Waals surface area contributed by atoms with Crippen molar-refractivity contribution in [3.8, 4) is 0 Å². The molecular formula is C7H16N2O3. The van der Waals surface area contributed by atoms with Gasteiger partial charge in [-0.15, -0.1) is 0 Å². The van der Waals surface area contributed by atoms with Crippen molar-refractivity contribution in [1.29, 1.82) is 0 Å². The Morgan fingerprint density at radius 2 is 2.08 bits per heavy atom. The first-order valence-electron chi connectivity index (χ1n) is 3.85. The van der Waals surface area contributed by atoms with Crippen LogP contribution in [0.4, 0.5) is 0 Å². The van der Waals surface area contributed by atoms with E-state index in [0.29, 0.717) is 6.42 Å². The minimum atomic E-state index is -0.643. The zero-order valence-corrected chi connectivity index (χ0v) is 7.45. The molecule has 0 spiro atoms. The first kappa shape index (κ1) is 11.4. The Morgan fingerprint density at radius 3 is 2.50 bits per heavy atom. The summed E-state index contributed by atoms with van der Waals surface area (Å²) in [5, 5.41) is 0. The summed E-state index contributed by atoms with van der Waals surface area (Å²) in [5.41, 5.74) is 5.44. The third kappa shape index (κ3) is 5.06. The molecule has 0 aromatic heterocycles. The highest BCUT2D eigenvalue weighted by atomic mass is 16.6. The second-order valence-electron chi connectivity index (χ2n) is 2.75. The number of carbonyl (C=O) groups is 1. The van der Waals surface area contributed by atoms with Crippen LogP contribution in [0.3, 0.4) is 0 Å². The van der Waals surface area contributed by atoms with Crippen LogP contribution in [0.5, 0.6) is 0 Å². The fourth-order valence-corrected chi connectivity index (χ4v) is 0.633. The van der Waals surface area contributed by atoms with Crippen molar-refractivity contribution in [3.63, 3.8) is 0 Å². The highest BCUT2D eigenvalue weighted by molar-refractivity contribution is 5.75. The molecule has 0 aliphatic heterocycles. The predicted octanol–water partition coefficient (Wildman–Crippen LogP) is -0.454. The molecule has 72 valence electrons. The highest BCUT2D eigenvalue weighted by Crippen LogP contribution is 1.96. The third-order valence-electron chi connectivity index (χ3n) is 1.20. The average Bonchev–Trinajstić information content (AvgIpc) is 1.98. The van der Waals surface area contributed by atoms with Crippen LogP contribution in [0.25, 0.3) is 0 Å². The van der Waals surface area contributed by atoms with E-state index in [9.17, 15) is 4.79 Å². The number of rotatable bonds is 5. The van der Waals surface area contributed by atoms with Crippen LogP contribution in [-0.2, 0) is 14.4 Å². The smallest absolute Gasteiger partial charge is 0.323 e. The lowest BCUT2D eigenvalue weighted by Gasteiger charge is -2.12. The van der Waals surface area contributed by atoms with Gasteiger partial charge in [0.25, 0.3) is 0 Å². The van der Waals surface area contributed by atoms with Gasteiger partial charge < -0.3 is 15.3 Å². The molecule has 4 N–H and O–H groups in total. The Labute approximate surface area is 72.0 Å². The van der Waals surface area contributed by atoms with Gasteiger partial charge in [-0.1, -0.05) is 0 Å². The molecule has 5 nitrogen and oxygen atoms in total. The SMILES string of the molecule is CC(C)OC(=O)[C@@H](N)CCON. The van der Waals surface area contributed by atoms with Crippen LogP contribution < -0.4 is 11.6 Å². The van der Waals surface area contributed by atoms with Gasteiger partial charge in [-0.2, -0.15) is 0 Å². The van der Waals surface area contributed by atoms with Gasteiger partial charge in [-0.3, -0.25) is 4.79 Å². The largest absolute Gasteiger partial charge is 0.462 e. The molecule has 0 bridgehead atoms. The van der Waals surface area contributed by atoms with Gasteiger partial charge in [-0.25, -0.2) is 5.90 Å². The summed E-state index contributed by atoms with van der Waals surface area (Å²) >= 11 is 0. The van der Waals surface area contributed by atoms with Crippen LogP contribution >= 0.6 is 0 Å². The van der Waals surface area contributed by atoms with Crippen molar-refractivity contribution in [2.24, 2.45) is 11.6 Å². The Morgan fingerprint density at radius 1 is 1.50 bits per heavy atom. The fraction of sp³-hybridized carbons (Fsp3) is 0.857. The summed E-state index contributed by atoms with van der Waals surface area (Å²) in [7, 11) is 0.